The van der Waals surface area contributed by atoms with Gasteiger partial charge in [-0.05, 0) is 30.3 Å². The fourth-order valence-electron chi connectivity index (χ4n) is 1.35. The van der Waals surface area contributed by atoms with E-state index in [0.29, 0.717) is 5.82 Å². The van der Waals surface area contributed by atoms with Gasteiger partial charge in [-0.1, -0.05) is 17.7 Å². The van der Waals surface area contributed by atoms with E-state index in [2.05, 4.69) is 10.3 Å². The third-order valence-electron chi connectivity index (χ3n) is 2.21. The highest BCUT2D eigenvalue weighted by molar-refractivity contribution is 6.29. The molecule has 0 aliphatic rings. The number of nitrogens with zero attached hydrogens (tertiary/aromatic N) is 1. The molecule has 0 saturated heterocycles. The van der Waals surface area contributed by atoms with E-state index < -0.39 is 11.7 Å². The standard InChI is InChI=1S/C12H9ClFN3O/c13-10-2-1-3-11(16-10)17-12(18)7-4-5-8(14)9(15)6-7/h1-6H,15H2,(H,16,17,18). The molecule has 1 heterocycles. The molecule has 0 saturated carbocycles. The summed E-state index contributed by atoms with van der Waals surface area (Å²) in [5.74, 6) is -0.681. The van der Waals surface area contributed by atoms with Crippen molar-refractivity contribution in [3.63, 3.8) is 0 Å². The van der Waals surface area contributed by atoms with Crippen LogP contribution in [-0.2, 0) is 0 Å². The topological polar surface area (TPSA) is 68.0 Å². The molecule has 0 radical (unpaired) electrons. The van der Waals surface area contributed by atoms with E-state index in [4.69, 9.17) is 17.3 Å². The number of hydrogen-bond acceptors (Lipinski definition) is 3. The molecule has 0 bridgehead atoms. The van der Waals surface area contributed by atoms with Crippen molar-refractivity contribution in [2.75, 3.05) is 11.1 Å². The minimum Gasteiger partial charge on any atom is -0.396 e. The number of anilines is 2. The van der Waals surface area contributed by atoms with Crippen LogP contribution in [0.25, 0.3) is 0 Å². The van der Waals surface area contributed by atoms with Crippen molar-refractivity contribution < 1.29 is 9.18 Å². The van der Waals surface area contributed by atoms with Gasteiger partial charge in [0.15, 0.2) is 0 Å². The summed E-state index contributed by atoms with van der Waals surface area (Å²) in [6.07, 6.45) is 0. The minimum atomic E-state index is -0.563. The number of benzene rings is 1. The van der Waals surface area contributed by atoms with E-state index in [1.54, 1.807) is 18.2 Å². The minimum absolute atomic E-state index is 0.0818. The molecule has 1 amide bonds. The van der Waals surface area contributed by atoms with E-state index in [9.17, 15) is 9.18 Å². The van der Waals surface area contributed by atoms with E-state index >= 15 is 0 Å². The molecule has 0 spiro atoms. The van der Waals surface area contributed by atoms with Gasteiger partial charge in [0.25, 0.3) is 5.91 Å². The van der Waals surface area contributed by atoms with Crippen LogP contribution in [0.3, 0.4) is 0 Å². The maximum absolute atomic E-state index is 13.0. The number of nitrogens with two attached hydrogens (primary N) is 1. The molecule has 0 unspecified atom stereocenters. The molecule has 0 fully saturated rings. The first-order valence-corrected chi connectivity index (χ1v) is 5.43. The van der Waals surface area contributed by atoms with Gasteiger partial charge in [0.05, 0.1) is 5.69 Å². The maximum Gasteiger partial charge on any atom is 0.256 e. The van der Waals surface area contributed by atoms with Gasteiger partial charge >= 0.3 is 0 Å². The molecule has 1 aromatic heterocycles. The van der Waals surface area contributed by atoms with Crippen LogP contribution in [0.1, 0.15) is 10.4 Å². The van der Waals surface area contributed by atoms with E-state index in [-0.39, 0.29) is 16.4 Å². The quantitative estimate of drug-likeness (QED) is 0.648. The number of carbonyl (C=O) groups is 1. The SMILES string of the molecule is Nc1cc(C(=O)Nc2cccc(Cl)n2)ccc1F. The molecule has 2 aromatic rings. The number of hydrogen-bond donors (Lipinski definition) is 2. The van der Waals surface area contributed by atoms with Crippen molar-refractivity contribution in [1.29, 1.82) is 0 Å². The zero-order valence-corrected chi connectivity index (χ0v) is 9.91. The van der Waals surface area contributed by atoms with Crippen molar-refractivity contribution in [3.8, 4) is 0 Å². The molecule has 0 aliphatic heterocycles. The van der Waals surface area contributed by atoms with Gasteiger partial charge in [-0.2, -0.15) is 0 Å². The van der Waals surface area contributed by atoms with Gasteiger partial charge in [-0.3, -0.25) is 4.79 Å². The number of pyridine rings is 1. The molecular weight excluding hydrogens is 257 g/mol. The van der Waals surface area contributed by atoms with Crippen LogP contribution in [0.15, 0.2) is 36.4 Å². The molecule has 92 valence electrons. The third kappa shape index (κ3) is 2.75. The smallest absolute Gasteiger partial charge is 0.256 e. The van der Waals surface area contributed by atoms with Crippen molar-refractivity contribution in [2.45, 2.75) is 0 Å². The first kappa shape index (κ1) is 12.3. The Labute approximate surface area is 108 Å². The lowest BCUT2D eigenvalue weighted by Crippen LogP contribution is -2.13. The normalized spacial score (nSPS) is 10.1. The highest BCUT2D eigenvalue weighted by Crippen LogP contribution is 2.14. The van der Waals surface area contributed by atoms with Gasteiger partial charge in [-0.15, -0.1) is 0 Å². The summed E-state index contributed by atoms with van der Waals surface area (Å²) in [4.78, 5) is 15.7. The monoisotopic (exact) mass is 265 g/mol. The maximum atomic E-state index is 13.0. The number of carbonyl (C=O) groups excluding carboxylic acids is 1. The molecule has 0 atom stereocenters. The Kier molecular flexibility index (Phi) is 3.43. The second-order valence-electron chi connectivity index (χ2n) is 3.54. The van der Waals surface area contributed by atoms with Crippen LogP contribution in [0, 0.1) is 5.82 Å². The number of rotatable bonds is 2. The first-order valence-electron chi connectivity index (χ1n) is 5.05. The summed E-state index contributed by atoms with van der Waals surface area (Å²) in [6, 6.07) is 8.57. The largest absolute Gasteiger partial charge is 0.396 e. The fourth-order valence-corrected chi connectivity index (χ4v) is 1.52. The van der Waals surface area contributed by atoms with Gasteiger partial charge in [0.1, 0.15) is 16.8 Å². The molecule has 2 rings (SSSR count). The Balaban J connectivity index is 2.19. The summed E-state index contributed by atoms with van der Waals surface area (Å²) in [5, 5.41) is 2.80. The number of halogens is 2. The molecule has 1 aromatic carbocycles. The Hall–Kier alpha value is -2.14. The lowest BCUT2D eigenvalue weighted by Gasteiger charge is -2.05. The van der Waals surface area contributed by atoms with Crippen molar-refractivity contribution in [2.24, 2.45) is 0 Å². The molecule has 0 aliphatic carbocycles. The Morgan fingerprint density at radius 2 is 2.11 bits per heavy atom. The Bertz CT molecular complexity index is 604. The number of nitrogen functional groups attached to an aromatic ring is 1. The van der Waals surface area contributed by atoms with Gasteiger partial charge < -0.3 is 11.1 Å². The van der Waals surface area contributed by atoms with E-state index in [0.717, 1.165) is 6.07 Å². The predicted molar refractivity (Wildman–Crippen MR) is 68.0 cm³/mol. The predicted octanol–water partition coefficient (Wildman–Crippen LogP) is 2.71. The van der Waals surface area contributed by atoms with Crippen LogP contribution >= 0.6 is 11.6 Å². The van der Waals surface area contributed by atoms with Crippen LogP contribution in [0.2, 0.25) is 5.15 Å². The van der Waals surface area contributed by atoms with E-state index in [1.165, 1.54) is 12.1 Å². The summed E-state index contributed by atoms with van der Waals surface area (Å²) >= 11 is 5.69. The molecule has 4 nitrogen and oxygen atoms in total. The lowest BCUT2D eigenvalue weighted by molar-refractivity contribution is 0.102. The average molecular weight is 266 g/mol. The zero-order valence-electron chi connectivity index (χ0n) is 9.15. The molecule has 6 heteroatoms. The van der Waals surface area contributed by atoms with Crippen LogP contribution in [0.5, 0.6) is 0 Å². The highest BCUT2D eigenvalue weighted by atomic mass is 35.5. The second-order valence-corrected chi connectivity index (χ2v) is 3.92. The Morgan fingerprint density at radius 1 is 1.33 bits per heavy atom. The van der Waals surface area contributed by atoms with Gasteiger partial charge in [-0.25, -0.2) is 9.37 Å². The summed E-state index contributed by atoms with van der Waals surface area (Å²) < 4.78 is 13.0. The van der Waals surface area contributed by atoms with Crippen LogP contribution in [-0.4, -0.2) is 10.9 Å². The third-order valence-corrected chi connectivity index (χ3v) is 2.43. The van der Waals surface area contributed by atoms with Crippen LogP contribution < -0.4 is 11.1 Å². The second kappa shape index (κ2) is 5.01. The van der Waals surface area contributed by atoms with E-state index in [1.807, 2.05) is 0 Å². The van der Waals surface area contributed by atoms with Crippen molar-refractivity contribution in [1.82, 2.24) is 4.98 Å². The number of amides is 1. The Morgan fingerprint density at radius 3 is 2.78 bits per heavy atom. The van der Waals surface area contributed by atoms with Gasteiger partial charge in [0.2, 0.25) is 0 Å². The summed E-state index contributed by atoms with van der Waals surface area (Å²) in [5.41, 5.74) is 5.55. The summed E-state index contributed by atoms with van der Waals surface area (Å²) in [6.45, 7) is 0. The van der Waals surface area contributed by atoms with Crippen molar-refractivity contribution >= 4 is 29.0 Å². The van der Waals surface area contributed by atoms with Crippen LogP contribution in [0.4, 0.5) is 15.9 Å². The molecule has 18 heavy (non-hydrogen) atoms. The zero-order chi connectivity index (χ0) is 13.1. The summed E-state index contributed by atoms with van der Waals surface area (Å²) in [7, 11) is 0. The lowest BCUT2D eigenvalue weighted by atomic mass is 10.2. The highest BCUT2D eigenvalue weighted by Gasteiger charge is 2.09. The number of nitrogens with one attached hydrogen (secondary N) is 1. The number of aromatic nitrogens is 1. The average Bonchev–Trinajstić information content (AvgIpc) is 2.32. The van der Waals surface area contributed by atoms with Gasteiger partial charge in [0, 0.05) is 5.56 Å². The first-order chi connectivity index (χ1) is 8.56. The van der Waals surface area contributed by atoms with Crippen molar-refractivity contribution in [3.05, 3.63) is 52.9 Å². The fraction of sp³-hybridized carbons (Fsp3) is 0. The molecule has 3 N–H and O–H groups in total. The molecular formula is C12H9ClFN3O.